The monoisotopic (exact) mass is 296 g/mol. The summed E-state index contributed by atoms with van der Waals surface area (Å²) in [5.74, 6) is 0.416. The summed E-state index contributed by atoms with van der Waals surface area (Å²) in [6.07, 6.45) is 4.20. The van der Waals surface area contributed by atoms with Crippen molar-refractivity contribution in [2.45, 2.75) is 26.2 Å². The predicted molar refractivity (Wildman–Crippen MR) is 78.8 cm³/mol. The molecule has 1 saturated heterocycles. The molecule has 5 nitrogen and oxygen atoms in total. The first-order valence-electron chi connectivity index (χ1n) is 6.90. The number of hydrogen-bond acceptors (Lipinski definition) is 5. The summed E-state index contributed by atoms with van der Waals surface area (Å²) in [7, 11) is 1.61. The van der Waals surface area contributed by atoms with E-state index in [1.807, 2.05) is 0 Å². The largest absolute Gasteiger partial charge is 0.462 e. The lowest BCUT2D eigenvalue weighted by Crippen LogP contribution is -2.19. The third-order valence-corrected chi connectivity index (χ3v) is 4.49. The van der Waals surface area contributed by atoms with Crippen LogP contribution in [0.25, 0.3) is 0 Å². The summed E-state index contributed by atoms with van der Waals surface area (Å²) in [4.78, 5) is 25.5. The van der Waals surface area contributed by atoms with Crippen molar-refractivity contribution in [2.24, 2.45) is 0 Å². The molecular weight excluding hydrogens is 276 g/mol. The van der Waals surface area contributed by atoms with E-state index in [1.54, 1.807) is 24.9 Å². The number of amides is 1. The van der Waals surface area contributed by atoms with Crippen molar-refractivity contribution in [3.63, 3.8) is 0 Å². The molecular formula is C14H20N2O3S. The molecule has 0 radical (unpaired) electrons. The number of hydrogen-bond donors (Lipinski definition) is 1. The molecule has 0 atom stereocenters. The predicted octanol–water partition coefficient (Wildman–Crippen LogP) is 1.62. The van der Waals surface area contributed by atoms with E-state index in [1.165, 1.54) is 0 Å². The molecule has 1 fully saturated rings. The maximum absolute atomic E-state index is 12.0. The average molecular weight is 296 g/mol. The van der Waals surface area contributed by atoms with E-state index in [2.05, 4.69) is 17.1 Å². The first kappa shape index (κ1) is 15.0. The normalized spacial score (nSPS) is 19.5. The molecule has 2 aliphatic heterocycles. The van der Waals surface area contributed by atoms with Crippen LogP contribution in [-0.4, -0.2) is 42.7 Å². The molecule has 0 aromatic carbocycles. The second kappa shape index (κ2) is 6.83. The van der Waals surface area contributed by atoms with Crippen LogP contribution in [-0.2, 0) is 14.3 Å². The van der Waals surface area contributed by atoms with Gasteiger partial charge in [-0.3, -0.25) is 4.79 Å². The number of nitrogens with one attached hydrogen (secondary N) is 1. The van der Waals surface area contributed by atoms with E-state index >= 15 is 0 Å². The van der Waals surface area contributed by atoms with Gasteiger partial charge in [0.1, 0.15) is 0 Å². The summed E-state index contributed by atoms with van der Waals surface area (Å²) >= 11 is 1.61. The molecule has 0 aromatic rings. The lowest BCUT2D eigenvalue weighted by atomic mass is 10.2. The molecule has 2 aliphatic rings. The highest BCUT2D eigenvalue weighted by molar-refractivity contribution is 8.03. The van der Waals surface area contributed by atoms with Gasteiger partial charge in [0.15, 0.2) is 0 Å². The van der Waals surface area contributed by atoms with Crippen LogP contribution in [0.4, 0.5) is 0 Å². The van der Waals surface area contributed by atoms with Crippen LogP contribution in [0.15, 0.2) is 22.4 Å². The summed E-state index contributed by atoms with van der Waals surface area (Å²) in [6, 6.07) is 0. The maximum Gasteiger partial charge on any atom is 0.336 e. The molecule has 110 valence electrons. The fourth-order valence-electron chi connectivity index (χ4n) is 2.18. The minimum Gasteiger partial charge on any atom is -0.462 e. The Kier molecular flexibility index (Phi) is 5.11. The van der Waals surface area contributed by atoms with Crippen molar-refractivity contribution < 1.29 is 14.3 Å². The zero-order chi connectivity index (χ0) is 14.5. The van der Waals surface area contributed by atoms with Crippen molar-refractivity contribution in [2.75, 3.05) is 26.0 Å². The number of likely N-dealkylation sites (N-methyl/N-ethyl adjacent to an activating group) is 1. The first-order valence-corrected chi connectivity index (χ1v) is 7.88. The Morgan fingerprint density at radius 3 is 3.00 bits per heavy atom. The average Bonchev–Trinajstić information content (AvgIpc) is 3.01. The molecule has 2 heterocycles. The van der Waals surface area contributed by atoms with Crippen molar-refractivity contribution in [3.05, 3.63) is 22.4 Å². The molecule has 1 N–H and O–H groups in total. The van der Waals surface area contributed by atoms with E-state index in [4.69, 9.17) is 4.74 Å². The maximum atomic E-state index is 12.0. The van der Waals surface area contributed by atoms with Crippen molar-refractivity contribution in [3.8, 4) is 0 Å². The molecule has 0 spiro atoms. The van der Waals surface area contributed by atoms with Gasteiger partial charge < -0.3 is 15.0 Å². The topological polar surface area (TPSA) is 58.6 Å². The van der Waals surface area contributed by atoms with Crippen LogP contribution in [0.2, 0.25) is 0 Å². The number of unbranched alkanes of at least 4 members (excludes halogenated alkanes) is 1. The Balaban J connectivity index is 2.05. The number of esters is 1. The van der Waals surface area contributed by atoms with Crippen LogP contribution in [0.1, 0.15) is 26.2 Å². The van der Waals surface area contributed by atoms with Crippen LogP contribution in [0, 0.1) is 0 Å². The number of rotatable bonds is 5. The zero-order valence-corrected chi connectivity index (χ0v) is 12.7. The van der Waals surface area contributed by atoms with Crippen LogP contribution in [0.5, 0.6) is 0 Å². The molecule has 6 heteroatoms. The van der Waals surface area contributed by atoms with Gasteiger partial charge in [-0.05, 0) is 6.42 Å². The number of nitrogens with zero attached hydrogens (tertiary/aromatic N) is 1. The summed E-state index contributed by atoms with van der Waals surface area (Å²) < 4.78 is 5.28. The standard InChI is InChI=1S/C14H20N2O3S/c1-3-4-7-19-14(18)11-5-6-16-10(8-12(17)15-2)9-20-13(11)16/h8H,3-7,9H2,1-2H3,(H,15,17). The van der Waals surface area contributed by atoms with Gasteiger partial charge >= 0.3 is 5.97 Å². The SMILES string of the molecule is CCCCOC(=O)C1=C2SCC(=CC(=O)NC)N2CC1. The highest BCUT2D eigenvalue weighted by Crippen LogP contribution is 2.42. The van der Waals surface area contributed by atoms with Gasteiger partial charge in [-0.25, -0.2) is 4.79 Å². The number of carbonyl (C=O) groups excluding carboxylic acids is 2. The quantitative estimate of drug-likeness (QED) is 0.475. The van der Waals surface area contributed by atoms with Crippen molar-refractivity contribution in [1.82, 2.24) is 10.2 Å². The molecule has 0 aliphatic carbocycles. The Bertz CT molecular complexity index is 471. The van der Waals surface area contributed by atoms with E-state index < -0.39 is 0 Å². The van der Waals surface area contributed by atoms with Gasteiger partial charge in [0.05, 0.1) is 17.2 Å². The fourth-order valence-corrected chi connectivity index (χ4v) is 3.43. The molecule has 0 saturated carbocycles. The summed E-state index contributed by atoms with van der Waals surface area (Å²) in [5.41, 5.74) is 1.71. The van der Waals surface area contributed by atoms with Crippen molar-refractivity contribution >= 4 is 23.6 Å². The number of ether oxygens (including phenoxy) is 1. The summed E-state index contributed by atoms with van der Waals surface area (Å²) in [5, 5.41) is 3.54. The Morgan fingerprint density at radius 2 is 2.30 bits per heavy atom. The molecule has 20 heavy (non-hydrogen) atoms. The second-order valence-electron chi connectivity index (χ2n) is 4.71. The first-order chi connectivity index (χ1) is 9.67. The smallest absolute Gasteiger partial charge is 0.336 e. The third kappa shape index (κ3) is 3.17. The highest BCUT2D eigenvalue weighted by Gasteiger charge is 2.34. The Hall–Kier alpha value is -1.43. The number of carbonyl (C=O) groups is 2. The minimum atomic E-state index is -0.204. The number of thioether (sulfide) groups is 1. The van der Waals surface area contributed by atoms with Gasteiger partial charge in [-0.1, -0.05) is 13.3 Å². The minimum absolute atomic E-state index is 0.110. The molecule has 0 aromatic heterocycles. The van der Waals surface area contributed by atoms with Gasteiger partial charge in [0.2, 0.25) is 5.91 Å². The van der Waals surface area contributed by atoms with Gasteiger partial charge in [-0.2, -0.15) is 0 Å². The van der Waals surface area contributed by atoms with E-state index in [0.29, 0.717) is 13.0 Å². The van der Waals surface area contributed by atoms with Crippen LogP contribution >= 0.6 is 11.8 Å². The lowest BCUT2D eigenvalue weighted by Gasteiger charge is -2.14. The molecule has 0 bridgehead atoms. The third-order valence-electron chi connectivity index (χ3n) is 3.31. The molecule has 0 unspecified atom stereocenters. The lowest BCUT2D eigenvalue weighted by molar-refractivity contribution is -0.139. The van der Waals surface area contributed by atoms with Crippen molar-refractivity contribution in [1.29, 1.82) is 0 Å². The highest BCUT2D eigenvalue weighted by atomic mass is 32.2. The van der Waals surface area contributed by atoms with Gasteiger partial charge in [0.25, 0.3) is 0 Å². The van der Waals surface area contributed by atoms with Crippen LogP contribution in [0.3, 0.4) is 0 Å². The fraction of sp³-hybridized carbons (Fsp3) is 0.571. The number of fused-ring (bicyclic) bond motifs is 1. The molecule has 1 amide bonds. The van der Waals surface area contributed by atoms with E-state index in [9.17, 15) is 9.59 Å². The zero-order valence-electron chi connectivity index (χ0n) is 11.9. The van der Waals surface area contributed by atoms with Gasteiger partial charge in [-0.15, -0.1) is 11.8 Å². The van der Waals surface area contributed by atoms with Crippen LogP contribution < -0.4 is 5.32 Å². The molecule has 2 rings (SSSR count). The Morgan fingerprint density at radius 1 is 1.50 bits per heavy atom. The van der Waals surface area contributed by atoms with Gasteiger partial charge in [0, 0.05) is 37.5 Å². The summed E-state index contributed by atoms with van der Waals surface area (Å²) in [6.45, 7) is 3.30. The van der Waals surface area contributed by atoms with E-state index in [-0.39, 0.29) is 11.9 Å². The second-order valence-corrected chi connectivity index (χ2v) is 5.68. The Labute approximate surface area is 123 Å². The van der Waals surface area contributed by atoms with E-state index in [0.717, 1.165) is 41.4 Å².